The molecule has 1 saturated carbocycles. The van der Waals surface area contributed by atoms with Gasteiger partial charge in [0.05, 0.1) is 12.1 Å². The fourth-order valence-corrected chi connectivity index (χ4v) is 3.72. The first kappa shape index (κ1) is 17.0. The van der Waals surface area contributed by atoms with Crippen LogP contribution < -0.4 is 15.4 Å². The quantitative estimate of drug-likeness (QED) is 0.808. The van der Waals surface area contributed by atoms with E-state index in [4.69, 9.17) is 4.74 Å². The van der Waals surface area contributed by atoms with E-state index < -0.39 is 5.95 Å². The smallest absolute Gasteiger partial charge is 0.225 e. The first-order valence-electron chi connectivity index (χ1n) is 9.03. The molecule has 2 heterocycles. The van der Waals surface area contributed by atoms with Crippen molar-refractivity contribution in [1.29, 1.82) is 0 Å². The van der Waals surface area contributed by atoms with Crippen LogP contribution in [0.3, 0.4) is 0 Å². The first-order valence-corrected chi connectivity index (χ1v) is 9.03. The zero-order valence-electron chi connectivity index (χ0n) is 14.4. The Hall–Kier alpha value is -2.47. The predicted molar refractivity (Wildman–Crippen MR) is 95.3 cm³/mol. The normalized spacial score (nSPS) is 27.6. The number of ether oxygens (including phenoxy) is 1. The minimum absolute atomic E-state index is 0.0409. The zero-order valence-corrected chi connectivity index (χ0v) is 14.4. The number of pyridine rings is 1. The van der Waals surface area contributed by atoms with Crippen molar-refractivity contribution in [1.82, 2.24) is 15.6 Å². The van der Waals surface area contributed by atoms with Gasteiger partial charge in [-0.2, -0.15) is 4.39 Å². The molecule has 0 bridgehead atoms. The van der Waals surface area contributed by atoms with E-state index in [1.54, 1.807) is 6.07 Å². The minimum Gasteiger partial charge on any atom is -0.489 e. The van der Waals surface area contributed by atoms with E-state index >= 15 is 0 Å². The largest absolute Gasteiger partial charge is 0.489 e. The van der Waals surface area contributed by atoms with E-state index in [1.165, 1.54) is 17.8 Å². The third-order valence-corrected chi connectivity index (χ3v) is 5.22. The van der Waals surface area contributed by atoms with Gasteiger partial charge in [-0.25, -0.2) is 4.98 Å². The third kappa shape index (κ3) is 3.70. The summed E-state index contributed by atoms with van der Waals surface area (Å²) in [6.45, 7) is 1.54. The van der Waals surface area contributed by atoms with Crippen LogP contribution in [0.5, 0.6) is 5.75 Å². The molecule has 0 radical (unpaired) electrons. The van der Waals surface area contributed by atoms with Crippen LogP contribution in [0.4, 0.5) is 4.39 Å². The highest BCUT2D eigenvalue weighted by molar-refractivity contribution is 5.81. The number of hydrogen-bond donors (Lipinski definition) is 2. The molecule has 2 aromatic rings. The first-order chi connectivity index (χ1) is 12.7. The van der Waals surface area contributed by atoms with Gasteiger partial charge in [0, 0.05) is 37.9 Å². The number of hydrogen-bond acceptors (Lipinski definition) is 4. The van der Waals surface area contributed by atoms with Crippen LogP contribution >= 0.6 is 0 Å². The molecule has 0 spiro atoms. The maximum Gasteiger partial charge on any atom is 0.225 e. The molecular formula is C20H22FN3O2. The lowest BCUT2D eigenvalue weighted by Crippen LogP contribution is -2.51. The Morgan fingerprint density at radius 1 is 1.15 bits per heavy atom. The minimum atomic E-state index is -0.519. The second-order valence-electron chi connectivity index (χ2n) is 7.02. The van der Waals surface area contributed by atoms with E-state index in [1.807, 2.05) is 18.2 Å². The highest BCUT2D eigenvalue weighted by atomic mass is 19.1. The van der Waals surface area contributed by atoms with Crippen LogP contribution in [0.25, 0.3) is 0 Å². The van der Waals surface area contributed by atoms with Crippen molar-refractivity contribution in [2.75, 3.05) is 13.1 Å². The summed E-state index contributed by atoms with van der Waals surface area (Å²) in [6, 6.07) is 13.2. The highest BCUT2D eigenvalue weighted by Crippen LogP contribution is 2.30. The summed E-state index contributed by atoms with van der Waals surface area (Å²) in [5.74, 6) is 0.322. The molecule has 2 atom stereocenters. The van der Waals surface area contributed by atoms with Crippen molar-refractivity contribution in [3.05, 3.63) is 60.2 Å². The van der Waals surface area contributed by atoms with E-state index in [-0.39, 0.29) is 29.9 Å². The lowest BCUT2D eigenvalue weighted by atomic mass is 9.85. The van der Waals surface area contributed by atoms with Crippen molar-refractivity contribution in [3.8, 4) is 5.75 Å². The van der Waals surface area contributed by atoms with Crippen LogP contribution in [-0.2, 0) is 4.79 Å². The molecule has 26 heavy (non-hydrogen) atoms. The molecule has 1 amide bonds. The van der Waals surface area contributed by atoms with Gasteiger partial charge >= 0.3 is 0 Å². The summed E-state index contributed by atoms with van der Waals surface area (Å²) < 4.78 is 18.5. The third-order valence-electron chi connectivity index (χ3n) is 5.22. The predicted octanol–water partition coefficient (Wildman–Crippen LogP) is 2.25. The van der Waals surface area contributed by atoms with Gasteiger partial charge in [0.1, 0.15) is 11.9 Å². The van der Waals surface area contributed by atoms with E-state index in [0.717, 1.165) is 19.4 Å². The summed E-state index contributed by atoms with van der Waals surface area (Å²) >= 11 is 0. The number of carbonyl (C=O) groups is 1. The second-order valence-corrected chi connectivity index (χ2v) is 7.02. The number of nitrogens with one attached hydrogen (secondary N) is 2. The Morgan fingerprint density at radius 3 is 2.69 bits per heavy atom. The monoisotopic (exact) mass is 355 g/mol. The molecule has 5 nitrogen and oxygen atoms in total. The number of halogens is 1. The molecule has 1 saturated heterocycles. The molecule has 1 aromatic carbocycles. The van der Waals surface area contributed by atoms with E-state index in [9.17, 15) is 9.18 Å². The van der Waals surface area contributed by atoms with Gasteiger partial charge in [0.25, 0.3) is 0 Å². The second kappa shape index (κ2) is 7.41. The molecule has 1 aliphatic carbocycles. The van der Waals surface area contributed by atoms with Gasteiger partial charge in [-0.1, -0.05) is 30.3 Å². The number of carbonyl (C=O) groups excluding carboxylic acids is 1. The van der Waals surface area contributed by atoms with Crippen LogP contribution in [0.1, 0.15) is 24.3 Å². The molecule has 6 heteroatoms. The fraction of sp³-hybridized carbons (Fsp3) is 0.400. The van der Waals surface area contributed by atoms with Crippen LogP contribution in [0.15, 0.2) is 48.7 Å². The van der Waals surface area contributed by atoms with Gasteiger partial charge in [-0.3, -0.25) is 4.79 Å². The molecule has 2 N–H and O–H groups in total. The van der Waals surface area contributed by atoms with Crippen LogP contribution in [0.2, 0.25) is 0 Å². The van der Waals surface area contributed by atoms with Crippen molar-refractivity contribution < 1.29 is 13.9 Å². The van der Waals surface area contributed by atoms with Gasteiger partial charge in [0.15, 0.2) is 0 Å². The summed E-state index contributed by atoms with van der Waals surface area (Å²) in [4.78, 5) is 16.3. The van der Waals surface area contributed by atoms with Gasteiger partial charge in [-0.15, -0.1) is 0 Å². The zero-order chi connectivity index (χ0) is 17.9. The van der Waals surface area contributed by atoms with Crippen molar-refractivity contribution in [2.45, 2.75) is 30.9 Å². The van der Waals surface area contributed by atoms with E-state index in [0.29, 0.717) is 12.3 Å². The van der Waals surface area contributed by atoms with E-state index in [2.05, 4.69) is 27.8 Å². The average Bonchev–Trinajstić information content (AvgIpc) is 3.12. The molecule has 0 unspecified atom stereocenters. The summed E-state index contributed by atoms with van der Waals surface area (Å²) in [5.41, 5.74) is 1.20. The van der Waals surface area contributed by atoms with Crippen LogP contribution in [0, 0.1) is 11.9 Å². The SMILES string of the molecule is O=C(NC1CC(Oc2ccc(F)nc2)C1)[C@@H]1CNC[C@H]1c1ccccc1. The Labute approximate surface area is 152 Å². The number of rotatable bonds is 5. The fourth-order valence-electron chi connectivity index (χ4n) is 3.72. The summed E-state index contributed by atoms with van der Waals surface area (Å²) in [5, 5.41) is 6.48. The number of amides is 1. The number of nitrogens with zero attached hydrogens (tertiary/aromatic N) is 1. The van der Waals surface area contributed by atoms with Gasteiger partial charge in [-0.05, 0) is 17.7 Å². The molecule has 2 fully saturated rings. The molecule has 136 valence electrons. The maximum absolute atomic E-state index is 12.8. The standard InChI is InChI=1S/C20H22FN3O2/c21-19-7-6-15(10-23-19)26-16-8-14(9-16)24-20(25)18-12-22-11-17(18)13-4-2-1-3-5-13/h1-7,10,14,16-18,22H,8-9,11-12H2,(H,24,25)/t14?,16?,17-,18+/m0/s1. The maximum atomic E-state index is 12.8. The van der Waals surface area contributed by atoms with Crippen molar-refractivity contribution in [3.63, 3.8) is 0 Å². The number of aromatic nitrogens is 1. The Kier molecular flexibility index (Phi) is 4.84. The van der Waals surface area contributed by atoms with Crippen LogP contribution in [-0.4, -0.2) is 36.1 Å². The average molecular weight is 355 g/mol. The molecule has 1 aliphatic heterocycles. The molecule has 1 aromatic heterocycles. The highest BCUT2D eigenvalue weighted by Gasteiger charge is 2.38. The lowest BCUT2D eigenvalue weighted by molar-refractivity contribution is -0.126. The Balaban J connectivity index is 1.27. The molecular weight excluding hydrogens is 333 g/mol. The van der Waals surface area contributed by atoms with Crippen molar-refractivity contribution in [2.24, 2.45) is 5.92 Å². The summed E-state index contributed by atoms with van der Waals surface area (Å²) in [6.07, 6.45) is 2.95. The molecule has 4 rings (SSSR count). The van der Waals surface area contributed by atoms with Crippen molar-refractivity contribution >= 4 is 5.91 Å². The topological polar surface area (TPSA) is 63.2 Å². The van der Waals surface area contributed by atoms with Gasteiger partial charge < -0.3 is 15.4 Å². The van der Waals surface area contributed by atoms with Gasteiger partial charge in [0.2, 0.25) is 11.9 Å². The Morgan fingerprint density at radius 2 is 1.96 bits per heavy atom. The summed E-state index contributed by atoms with van der Waals surface area (Å²) in [7, 11) is 0. The molecule has 2 aliphatic rings. The number of benzene rings is 1. The lowest BCUT2D eigenvalue weighted by Gasteiger charge is -2.36. The Bertz CT molecular complexity index is 747.